The Morgan fingerprint density at radius 1 is 1.26 bits per heavy atom. The second-order valence-corrected chi connectivity index (χ2v) is 7.49. The molecule has 1 aliphatic carbocycles. The first kappa shape index (κ1) is 19.8. The van der Waals surface area contributed by atoms with E-state index in [1.54, 1.807) is 17.7 Å². The van der Waals surface area contributed by atoms with Gasteiger partial charge in [0.05, 0.1) is 5.69 Å². The van der Waals surface area contributed by atoms with Crippen molar-refractivity contribution in [3.8, 4) is 11.3 Å². The monoisotopic (exact) mass is 399 g/mol. The summed E-state index contributed by atoms with van der Waals surface area (Å²) in [6.45, 7) is 3.60. The summed E-state index contributed by atoms with van der Waals surface area (Å²) in [5.74, 6) is -1.79. The average Bonchev–Trinajstić information content (AvgIpc) is 3.32. The second-order valence-electron chi connectivity index (χ2n) is 6.71. The summed E-state index contributed by atoms with van der Waals surface area (Å²) in [5, 5.41) is 11.4. The second kappa shape index (κ2) is 8.35. The molecule has 9 heteroatoms. The number of thiophene rings is 1. The summed E-state index contributed by atoms with van der Waals surface area (Å²) in [4.78, 5) is 20.6. The molecule has 3 heterocycles. The van der Waals surface area contributed by atoms with Gasteiger partial charge in [0.15, 0.2) is 0 Å². The number of halogens is 3. The molecule has 2 aliphatic rings. The van der Waals surface area contributed by atoms with Gasteiger partial charge in [0.2, 0.25) is 0 Å². The first-order valence-corrected chi connectivity index (χ1v) is 9.66. The number of hydrogen-bond donors (Lipinski definition) is 1. The van der Waals surface area contributed by atoms with Crippen LogP contribution in [0, 0.1) is 5.92 Å². The van der Waals surface area contributed by atoms with Crippen molar-refractivity contribution in [1.29, 1.82) is 0 Å². The normalized spacial score (nSPS) is 17.4. The maximum absolute atomic E-state index is 10.6. The maximum atomic E-state index is 10.6. The summed E-state index contributed by atoms with van der Waals surface area (Å²) in [6, 6.07) is 2.17. The van der Waals surface area contributed by atoms with Crippen molar-refractivity contribution >= 4 is 17.3 Å². The molecule has 5 nitrogen and oxygen atoms in total. The molecule has 1 fully saturated rings. The van der Waals surface area contributed by atoms with Gasteiger partial charge in [-0.15, -0.1) is 0 Å². The third-order valence-electron chi connectivity index (χ3n) is 4.63. The number of aliphatic carboxylic acids is 1. The molecule has 146 valence electrons. The van der Waals surface area contributed by atoms with E-state index in [0.717, 1.165) is 37.5 Å². The highest BCUT2D eigenvalue weighted by Gasteiger charge is 2.38. The maximum Gasteiger partial charge on any atom is 0.490 e. The van der Waals surface area contributed by atoms with Crippen LogP contribution >= 0.6 is 11.3 Å². The Kier molecular flexibility index (Phi) is 6.11. The third-order valence-corrected chi connectivity index (χ3v) is 5.31. The van der Waals surface area contributed by atoms with Gasteiger partial charge in [0.25, 0.3) is 0 Å². The van der Waals surface area contributed by atoms with Crippen LogP contribution in [0.15, 0.2) is 23.2 Å². The molecule has 0 bridgehead atoms. The van der Waals surface area contributed by atoms with Crippen LogP contribution in [0.4, 0.5) is 13.2 Å². The Morgan fingerprint density at radius 3 is 2.56 bits per heavy atom. The van der Waals surface area contributed by atoms with Crippen molar-refractivity contribution < 1.29 is 23.1 Å². The number of carboxylic acids is 1. The van der Waals surface area contributed by atoms with Crippen LogP contribution < -0.4 is 0 Å². The Bertz CT molecular complexity index is 777. The molecule has 2 aromatic heterocycles. The van der Waals surface area contributed by atoms with E-state index in [1.807, 2.05) is 0 Å². The van der Waals surface area contributed by atoms with E-state index >= 15 is 0 Å². The Labute approximate surface area is 158 Å². The van der Waals surface area contributed by atoms with Crippen LogP contribution in [0.25, 0.3) is 11.3 Å². The summed E-state index contributed by atoms with van der Waals surface area (Å²) in [5.41, 5.74) is 5.05. The van der Waals surface area contributed by atoms with Crippen molar-refractivity contribution in [2.24, 2.45) is 5.92 Å². The van der Waals surface area contributed by atoms with Crippen molar-refractivity contribution in [1.82, 2.24) is 14.9 Å². The number of aromatic nitrogens is 2. The van der Waals surface area contributed by atoms with Crippen molar-refractivity contribution in [3.05, 3.63) is 34.4 Å². The molecular weight excluding hydrogens is 379 g/mol. The van der Waals surface area contributed by atoms with Crippen LogP contribution in [0.2, 0.25) is 0 Å². The lowest BCUT2D eigenvalue weighted by molar-refractivity contribution is -0.192. The van der Waals surface area contributed by atoms with Crippen LogP contribution in [-0.4, -0.2) is 51.8 Å². The predicted octanol–water partition coefficient (Wildman–Crippen LogP) is 3.65. The van der Waals surface area contributed by atoms with E-state index in [4.69, 9.17) is 9.90 Å². The van der Waals surface area contributed by atoms with E-state index in [-0.39, 0.29) is 0 Å². The van der Waals surface area contributed by atoms with Gasteiger partial charge in [-0.3, -0.25) is 0 Å². The third kappa shape index (κ3) is 5.49. The molecule has 0 spiro atoms. The van der Waals surface area contributed by atoms with Gasteiger partial charge in [-0.05, 0) is 36.6 Å². The van der Waals surface area contributed by atoms with Gasteiger partial charge in [-0.1, -0.05) is 0 Å². The zero-order valence-corrected chi connectivity index (χ0v) is 15.4. The first-order chi connectivity index (χ1) is 12.8. The van der Waals surface area contributed by atoms with E-state index in [2.05, 4.69) is 31.7 Å². The number of rotatable bonds is 3. The zero-order chi connectivity index (χ0) is 19.4. The summed E-state index contributed by atoms with van der Waals surface area (Å²) in [7, 11) is 0. The van der Waals surface area contributed by atoms with Gasteiger partial charge < -0.3 is 10.0 Å². The van der Waals surface area contributed by atoms with E-state index in [0.29, 0.717) is 0 Å². The Morgan fingerprint density at radius 2 is 1.96 bits per heavy atom. The molecule has 2 aromatic rings. The van der Waals surface area contributed by atoms with Crippen LogP contribution in [0.3, 0.4) is 0 Å². The lowest BCUT2D eigenvalue weighted by Crippen LogP contribution is -2.28. The molecule has 0 radical (unpaired) electrons. The highest BCUT2D eigenvalue weighted by Crippen LogP contribution is 2.31. The standard InChI is InChI=1S/C16H19N3S.C2HF3O2/c1-2-12(1)9-19-6-3-14-15(4-7-19)17-11-18-16(14)13-5-8-20-10-13;3-2(4,5)1(6)7/h5,8,10-12H,1-4,6-7,9H2;(H,6,7). The largest absolute Gasteiger partial charge is 0.490 e. The lowest BCUT2D eigenvalue weighted by atomic mass is 10.0. The van der Waals surface area contributed by atoms with E-state index in [9.17, 15) is 13.2 Å². The quantitative estimate of drug-likeness (QED) is 0.854. The minimum atomic E-state index is -5.08. The fourth-order valence-corrected chi connectivity index (χ4v) is 3.71. The molecule has 0 amide bonds. The minimum absolute atomic E-state index is 0.971. The smallest absolute Gasteiger partial charge is 0.475 e. The Balaban J connectivity index is 0.000000260. The summed E-state index contributed by atoms with van der Waals surface area (Å²) in [6.07, 6.45) is 1.69. The van der Waals surface area contributed by atoms with Crippen molar-refractivity contribution in [2.45, 2.75) is 31.9 Å². The van der Waals surface area contributed by atoms with Crippen LogP contribution in [0.1, 0.15) is 24.1 Å². The molecule has 1 aliphatic heterocycles. The molecule has 27 heavy (non-hydrogen) atoms. The van der Waals surface area contributed by atoms with Gasteiger partial charge in [-0.25, -0.2) is 14.8 Å². The summed E-state index contributed by atoms with van der Waals surface area (Å²) >= 11 is 1.74. The SMILES string of the molecule is O=C(O)C(F)(F)F.c1nc2c(c(-c3ccsc3)n1)CCN(CC1CC1)CC2. The number of carboxylic acid groups (broad SMARTS) is 1. The Hall–Kier alpha value is -2.00. The van der Waals surface area contributed by atoms with Gasteiger partial charge in [0, 0.05) is 48.3 Å². The van der Waals surface area contributed by atoms with Gasteiger partial charge >= 0.3 is 12.1 Å². The number of fused-ring (bicyclic) bond motifs is 1. The molecule has 0 unspecified atom stereocenters. The van der Waals surface area contributed by atoms with Crippen LogP contribution in [0.5, 0.6) is 0 Å². The molecule has 0 atom stereocenters. The minimum Gasteiger partial charge on any atom is -0.475 e. The molecule has 1 N–H and O–H groups in total. The first-order valence-electron chi connectivity index (χ1n) is 8.72. The number of hydrogen-bond acceptors (Lipinski definition) is 5. The van der Waals surface area contributed by atoms with E-state index < -0.39 is 12.1 Å². The molecule has 4 rings (SSSR count). The fourth-order valence-electron chi connectivity index (χ4n) is 3.07. The van der Waals surface area contributed by atoms with Crippen LogP contribution in [-0.2, 0) is 17.6 Å². The van der Waals surface area contributed by atoms with Crippen molar-refractivity contribution in [3.63, 3.8) is 0 Å². The summed E-state index contributed by atoms with van der Waals surface area (Å²) < 4.78 is 31.7. The molecular formula is C18H20F3N3O2S. The molecule has 0 saturated heterocycles. The topological polar surface area (TPSA) is 66.3 Å². The average molecular weight is 399 g/mol. The van der Waals surface area contributed by atoms with Gasteiger partial charge in [-0.2, -0.15) is 24.5 Å². The number of nitrogens with zero attached hydrogens (tertiary/aromatic N) is 3. The van der Waals surface area contributed by atoms with Crippen molar-refractivity contribution in [2.75, 3.05) is 19.6 Å². The number of carbonyl (C=O) groups is 1. The molecule has 1 saturated carbocycles. The lowest BCUT2D eigenvalue weighted by Gasteiger charge is -2.18. The number of alkyl halides is 3. The van der Waals surface area contributed by atoms with Gasteiger partial charge in [0.1, 0.15) is 6.33 Å². The highest BCUT2D eigenvalue weighted by atomic mass is 32.1. The fraction of sp³-hybridized carbons (Fsp3) is 0.500. The predicted molar refractivity (Wildman–Crippen MR) is 95.6 cm³/mol. The van der Waals surface area contributed by atoms with E-state index in [1.165, 1.54) is 36.2 Å². The molecule has 0 aromatic carbocycles. The highest BCUT2D eigenvalue weighted by molar-refractivity contribution is 7.08. The zero-order valence-electron chi connectivity index (χ0n) is 14.6.